The third kappa shape index (κ3) is 5.07. The standard InChI is InChI=1S/C13H19N3O4S/c1-6(2)4-9(15-13(14)20)10(17)16-11-8(12(18)19)5-7(3)21-11/h5-6,9H,4H2,1-3H3,(H,16,17)(H,18,19)(H3,14,15,20). The fourth-order valence-corrected chi connectivity index (χ4v) is 2.75. The smallest absolute Gasteiger partial charge is 0.338 e. The van der Waals surface area contributed by atoms with Crippen LogP contribution in [0.2, 0.25) is 0 Å². The number of urea groups is 1. The summed E-state index contributed by atoms with van der Waals surface area (Å²) in [5.74, 6) is -1.43. The molecule has 1 aromatic heterocycles. The minimum Gasteiger partial charge on any atom is -0.478 e. The van der Waals surface area contributed by atoms with Gasteiger partial charge in [0.1, 0.15) is 11.0 Å². The van der Waals surface area contributed by atoms with Crippen LogP contribution < -0.4 is 16.4 Å². The molecule has 21 heavy (non-hydrogen) atoms. The van der Waals surface area contributed by atoms with Gasteiger partial charge in [0.05, 0.1) is 5.56 Å². The van der Waals surface area contributed by atoms with Crippen LogP contribution in [0.4, 0.5) is 9.80 Å². The normalized spacial score (nSPS) is 12.0. The van der Waals surface area contributed by atoms with Crippen LogP contribution in [-0.2, 0) is 4.79 Å². The van der Waals surface area contributed by atoms with Gasteiger partial charge in [-0.3, -0.25) is 4.79 Å². The van der Waals surface area contributed by atoms with Crippen molar-refractivity contribution in [3.63, 3.8) is 0 Å². The first-order chi connectivity index (χ1) is 9.70. The van der Waals surface area contributed by atoms with Gasteiger partial charge in [-0.1, -0.05) is 13.8 Å². The number of primary amides is 1. The van der Waals surface area contributed by atoms with Gasteiger partial charge in [-0.05, 0) is 25.3 Å². The molecule has 1 atom stereocenters. The van der Waals surface area contributed by atoms with Gasteiger partial charge in [-0.25, -0.2) is 9.59 Å². The van der Waals surface area contributed by atoms with Gasteiger partial charge in [-0.15, -0.1) is 11.3 Å². The van der Waals surface area contributed by atoms with E-state index in [1.54, 1.807) is 6.92 Å². The molecule has 0 fully saturated rings. The van der Waals surface area contributed by atoms with Crippen LogP contribution in [0.15, 0.2) is 6.07 Å². The van der Waals surface area contributed by atoms with Gasteiger partial charge >= 0.3 is 12.0 Å². The maximum absolute atomic E-state index is 12.2. The lowest BCUT2D eigenvalue weighted by molar-refractivity contribution is -0.118. The first kappa shape index (κ1) is 17.0. The Morgan fingerprint density at radius 1 is 1.38 bits per heavy atom. The fourth-order valence-electron chi connectivity index (χ4n) is 1.84. The third-order valence-corrected chi connectivity index (χ3v) is 3.63. The molecule has 0 spiro atoms. The van der Waals surface area contributed by atoms with Crippen molar-refractivity contribution >= 4 is 34.2 Å². The summed E-state index contributed by atoms with van der Waals surface area (Å²) in [6.07, 6.45) is 0.404. The zero-order valence-corrected chi connectivity index (χ0v) is 12.9. The Hall–Kier alpha value is -2.09. The zero-order valence-electron chi connectivity index (χ0n) is 12.1. The molecule has 1 aromatic rings. The summed E-state index contributed by atoms with van der Waals surface area (Å²) in [5.41, 5.74) is 5.10. The van der Waals surface area contributed by atoms with Gasteiger partial charge in [0.25, 0.3) is 0 Å². The Kier molecular flexibility index (Phi) is 5.71. The summed E-state index contributed by atoms with van der Waals surface area (Å²) in [4.78, 5) is 35.0. The first-order valence-corrected chi connectivity index (χ1v) is 7.23. The van der Waals surface area contributed by atoms with Crippen LogP contribution in [0.3, 0.4) is 0 Å². The van der Waals surface area contributed by atoms with E-state index in [1.807, 2.05) is 13.8 Å². The van der Waals surface area contributed by atoms with Crippen LogP contribution in [-0.4, -0.2) is 29.1 Å². The number of hydrogen-bond donors (Lipinski definition) is 4. The summed E-state index contributed by atoms with van der Waals surface area (Å²) >= 11 is 1.17. The fraction of sp³-hybridized carbons (Fsp3) is 0.462. The van der Waals surface area contributed by atoms with Crippen molar-refractivity contribution in [3.05, 3.63) is 16.5 Å². The molecule has 0 saturated heterocycles. The predicted molar refractivity (Wildman–Crippen MR) is 80.6 cm³/mol. The molecule has 116 valence electrons. The van der Waals surface area contributed by atoms with Crippen molar-refractivity contribution < 1.29 is 19.5 Å². The molecule has 0 aliphatic rings. The number of nitrogens with two attached hydrogens (primary N) is 1. The van der Waals surface area contributed by atoms with E-state index in [0.29, 0.717) is 6.42 Å². The van der Waals surface area contributed by atoms with Crippen LogP contribution >= 0.6 is 11.3 Å². The average Bonchev–Trinajstić information content (AvgIpc) is 2.68. The molecule has 0 aliphatic heterocycles. The highest BCUT2D eigenvalue weighted by atomic mass is 32.1. The number of carboxylic acids is 1. The van der Waals surface area contributed by atoms with E-state index >= 15 is 0 Å². The number of carbonyl (C=O) groups is 3. The molecule has 0 aromatic carbocycles. The SMILES string of the molecule is Cc1cc(C(=O)O)c(NC(=O)C(CC(C)C)NC(N)=O)s1. The van der Waals surface area contributed by atoms with Crippen molar-refractivity contribution in [1.82, 2.24) is 5.32 Å². The Bertz CT molecular complexity index is 554. The highest BCUT2D eigenvalue weighted by Crippen LogP contribution is 2.27. The Morgan fingerprint density at radius 2 is 2.00 bits per heavy atom. The van der Waals surface area contributed by atoms with Crippen LogP contribution in [0, 0.1) is 12.8 Å². The second-order valence-corrected chi connectivity index (χ2v) is 6.34. The van der Waals surface area contributed by atoms with Crippen molar-refractivity contribution in [2.45, 2.75) is 33.2 Å². The monoisotopic (exact) mass is 313 g/mol. The Balaban J connectivity index is 2.90. The molecule has 1 unspecified atom stereocenters. The van der Waals surface area contributed by atoms with E-state index in [2.05, 4.69) is 10.6 Å². The Labute approximate surface area is 126 Å². The second-order valence-electron chi connectivity index (χ2n) is 5.08. The molecule has 5 N–H and O–H groups in total. The number of anilines is 1. The lowest BCUT2D eigenvalue weighted by Gasteiger charge is -2.18. The van der Waals surface area contributed by atoms with Crippen molar-refractivity contribution in [1.29, 1.82) is 0 Å². The van der Waals surface area contributed by atoms with Gasteiger partial charge < -0.3 is 21.5 Å². The van der Waals surface area contributed by atoms with Gasteiger partial charge in [0, 0.05) is 4.88 Å². The van der Waals surface area contributed by atoms with E-state index in [0.717, 1.165) is 4.88 Å². The van der Waals surface area contributed by atoms with E-state index in [9.17, 15) is 14.4 Å². The molecule has 0 aliphatic carbocycles. The molecule has 1 rings (SSSR count). The number of nitrogens with one attached hydrogen (secondary N) is 2. The van der Waals surface area contributed by atoms with E-state index < -0.39 is 23.9 Å². The number of aryl methyl sites for hydroxylation is 1. The molecule has 0 saturated carbocycles. The molecule has 3 amide bonds. The highest BCUT2D eigenvalue weighted by Gasteiger charge is 2.23. The van der Waals surface area contributed by atoms with Gasteiger partial charge in [0.2, 0.25) is 5.91 Å². The van der Waals surface area contributed by atoms with E-state index in [-0.39, 0.29) is 16.5 Å². The maximum Gasteiger partial charge on any atom is 0.338 e. The average molecular weight is 313 g/mol. The molecule has 1 heterocycles. The summed E-state index contributed by atoms with van der Waals surface area (Å²) in [7, 11) is 0. The largest absolute Gasteiger partial charge is 0.478 e. The van der Waals surface area contributed by atoms with Crippen LogP contribution in [0.1, 0.15) is 35.5 Å². The molecular formula is C13H19N3O4S. The van der Waals surface area contributed by atoms with Gasteiger partial charge in [-0.2, -0.15) is 0 Å². The van der Waals surface area contributed by atoms with Crippen molar-refractivity contribution in [3.8, 4) is 0 Å². The number of thiophene rings is 1. The summed E-state index contributed by atoms with van der Waals surface area (Å²) in [6, 6.07) is -0.107. The van der Waals surface area contributed by atoms with Crippen molar-refractivity contribution in [2.24, 2.45) is 11.7 Å². The number of amides is 3. The zero-order chi connectivity index (χ0) is 16.2. The third-order valence-electron chi connectivity index (χ3n) is 2.66. The molecular weight excluding hydrogens is 294 g/mol. The van der Waals surface area contributed by atoms with Crippen molar-refractivity contribution in [2.75, 3.05) is 5.32 Å². The molecule has 0 bridgehead atoms. The minimum absolute atomic E-state index is 0.0354. The summed E-state index contributed by atoms with van der Waals surface area (Å²) in [5, 5.41) is 14.3. The van der Waals surface area contributed by atoms with E-state index in [4.69, 9.17) is 10.8 Å². The number of rotatable bonds is 6. The number of aromatic carboxylic acids is 1. The number of carbonyl (C=O) groups excluding carboxylic acids is 2. The molecule has 0 radical (unpaired) electrons. The second kappa shape index (κ2) is 7.07. The summed E-state index contributed by atoms with van der Waals surface area (Å²) < 4.78 is 0. The number of hydrogen-bond acceptors (Lipinski definition) is 4. The minimum atomic E-state index is -1.11. The van der Waals surface area contributed by atoms with Crippen LogP contribution in [0.25, 0.3) is 0 Å². The highest BCUT2D eigenvalue weighted by molar-refractivity contribution is 7.16. The summed E-state index contributed by atoms with van der Waals surface area (Å²) in [6.45, 7) is 5.56. The lowest BCUT2D eigenvalue weighted by Crippen LogP contribution is -2.46. The van der Waals surface area contributed by atoms with Gasteiger partial charge in [0.15, 0.2) is 0 Å². The first-order valence-electron chi connectivity index (χ1n) is 6.41. The predicted octanol–water partition coefficient (Wildman–Crippen LogP) is 1.78. The quantitative estimate of drug-likeness (QED) is 0.639. The maximum atomic E-state index is 12.2. The number of carboxylic acid groups (broad SMARTS) is 1. The topological polar surface area (TPSA) is 122 Å². The van der Waals surface area contributed by atoms with E-state index in [1.165, 1.54) is 17.4 Å². The molecule has 7 nitrogen and oxygen atoms in total. The lowest BCUT2D eigenvalue weighted by atomic mass is 10.0. The van der Waals surface area contributed by atoms with Crippen LogP contribution in [0.5, 0.6) is 0 Å². The molecule has 8 heteroatoms. The Morgan fingerprint density at radius 3 is 2.48 bits per heavy atom.